The first-order valence-corrected chi connectivity index (χ1v) is 10.2. The second kappa shape index (κ2) is 8.32. The Morgan fingerprint density at radius 3 is 2.35 bits per heavy atom. The molecule has 0 radical (unpaired) electrons. The van der Waals surface area contributed by atoms with Gasteiger partial charge >= 0.3 is 0 Å². The number of aryl methyl sites for hydroxylation is 1. The van der Waals surface area contributed by atoms with Gasteiger partial charge in [-0.05, 0) is 53.9 Å². The summed E-state index contributed by atoms with van der Waals surface area (Å²) in [6, 6.07) is 24.8. The average Bonchev–Trinajstić information content (AvgIpc) is 2.83. The quantitative estimate of drug-likeness (QED) is 0.409. The predicted molar refractivity (Wildman–Crippen MR) is 125 cm³/mol. The second-order valence-corrected chi connectivity index (χ2v) is 7.40. The molecule has 1 N–H and O–H groups in total. The molecular weight excluding hydrogens is 382 g/mol. The van der Waals surface area contributed by atoms with Gasteiger partial charge < -0.3 is 5.32 Å². The van der Waals surface area contributed by atoms with Gasteiger partial charge in [0.25, 0.3) is 0 Å². The molecule has 0 atom stereocenters. The number of aromatic nitrogens is 4. The lowest BCUT2D eigenvalue weighted by Crippen LogP contribution is -2.04. The van der Waals surface area contributed by atoms with E-state index in [4.69, 9.17) is 0 Å². The molecule has 5 aromatic rings. The molecule has 5 nitrogen and oxygen atoms in total. The van der Waals surface area contributed by atoms with Crippen molar-refractivity contribution in [2.75, 3.05) is 5.32 Å². The molecular formula is C26H21N5. The van der Waals surface area contributed by atoms with Crippen molar-refractivity contribution >= 4 is 16.7 Å². The number of nitrogens with zero attached hydrogens (tertiary/aromatic N) is 4. The SMILES string of the molecule is Cc1cc(-c2ccc(CNc3ncnc4cc(-c5ccccc5)ccc34)nc2)ccn1. The van der Waals surface area contributed by atoms with Gasteiger partial charge in [0.05, 0.1) is 17.8 Å². The van der Waals surface area contributed by atoms with Gasteiger partial charge in [-0.3, -0.25) is 9.97 Å². The molecule has 3 heterocycles. The Morgan fingerprint density at radius 2 is 1.55 bits per heavy atom. The van der Waals surface area contributed by atoms with Crippen LogP contribution in [0, 0.1) is 6.92 Å². The maximum Gasteiger partial charge on any atom is 0.137 e. The molecule has 2 aromatic carbocycles. The van der Waals surface area contributed by atoms with Gasteiger partial charge in [-0.15, -0.1) is 0 Å². The monoisotopic (exact) mass is 403 g/mol. The van der Waals surface area contributed by atoms with Crippen molar-refractivity contribution in [1.29, 1.82) is 0 Å². The van der Waals surface area contributed by atoms with Gasteiger partial charge in [-0.1, -0.05) is 42.5 Å². The molecule has 0 saturated heterocycles. The van der Waals surface area contributed by atoms with Crippen LogP contribution < -0.4 is 5.32 Å². The average molecular weight is 403 g/mol. The van der Waals surface area contributed by atoms with Gasteiger partial charge in [-0.2, -0.15) is 0 Å². The molecule has 0 fully saturated rings. The largest absolute Gasteiger partial charge is 0.364 e. The zero-order valence-corrected chi connectivity index (χ0v) is 17.2. The highest BCUT2D eigenvalue weighted by Gasteiger charge is 2.07. The summed E-state index contributed by atoms with van der Waals surface area (Å²) in [6.07, 6.45) is 5.32. The molecule has 0 aliphatic rings. The summed E-state index contributed by atoms with van der Waals surface area (Å²) < 4.78 is 0. The van der Waals surface area contributed by atoms with Crippen LogP contribution in [0.3, 0.4) is 0 Å². The van der Waals surface area contributed by atoms with Crippen LogP contribution in [-0.2, 0) is 6.54 Å². The zero-order valence-electron chi connectivity index (χ0n) is 17.2. The fourth-order valence-corrected chi connectivity index (χ4v) is 3.61. The fraction of sp³-hybridized carbons (Fsp3) is 0.0769. The first-order valence-electron chi connectivity index (χ1n) is 10.2. The van der Waals surface area contributed by atoms with E-state index in [-0.39, 0.29) is 0 Å². The number of anilines is 1. The van der Waals surface area contributed by atoms with Crippen LogP contribution in [-0.4, -0.2) is 19.9 Å². The summed E-state index contributed by atoms with van der Waals surface area (Å²) in [4.78, 5) is 17.8. The smallest absolute Gasteiger partial charge is 0.137 e. The molecule has 31 heavy (non-hydrogen) atoms. The Hall–Kier alpha value is -4.12. The van der Waals surface area contributed by atoms with Crippen molar-refractivity contribution < 1.29 is 0 Å². The van der Waals surface area contributed by atoms with E-state index < -0.39 is 0 Å². The van der Waals surface area contributed by atoms with Crippen LogP contribution in [0.1, 0.15) is 11.4 Å². The minimum Gasteiger partial charge on any atom is -0.364 e. The van der Waals surface area contributed by atoms with E-state index in [0.29, 0.717) is 6.54 Å². The topological polar surface area (TPSA) is 63.6 Å². The van der Waals surface area contributed by atoms with E-state index in [9.17, 15) is 0 Å². The normalized spacial score (nSPS) is 10.9. The van der Waals surface area contributed by atoms with Crippen LogP contribution in [0.25, 0.3) is 33.2 Å². The van der Waals surface area contributed by atoms with Gasteiger partial charge in [0.15, 0.2) is 0 Å². The van der Waals surface area contributed by atoms with Gasteiger partial charge in [0, 0.05) is 29.0 Å². The molecule has 0 spiro atoms. The number of hydrogen-bond donors (Lipinski definition) is 1. The van der Waals surface area contributed by atoms with Gasteiger partial charge in [-0.25, -0.2) is 9.97 Å². The highest BCUT2D eigenvalue weighted by molar-refractivity contribution is 5.91. The number of hydrogen-bond acceptors (Lipinski definition) is 5. The standard InChI is InChI=1S/C26H21N5/c1-18-13-21(11-12-27-18)22-7-9-23(28-15-22)16-29-26-24-10-8-20(14-25(24)30-17-31-26)19-5-3-2-4-6-19/h2-15,17H,16H2,1H3,(H,29,30,31). The molecule has 0 unspecified atom stereocenters. The van der Waals surface area contributed by atoms with Crippen molar-refractivity contribution in [2.45, 2.75) is 13.5 Å². The number of nitrogens with one attached hydrogen (secondary N) is 1. The van der Waals surface area contributed by atoms with Gasteiger partial charge in [0.1, 0.15) is 12.1 Å². The van der Waals surface area contributed by atoms with E-state index in [1.165, 1.54) is 5.56 Å². The van der Waals surface area contributed by atoms with Crippen molar-refractivity contribution in [3.05, 3.63) is 103 Å². The molecule has 0 aliphatic heterocycles. The van der Waals surface area contributed by atoms with E-state index in [2.05, 4.69) is 67.7 Å². The second-order valence-electron chi connectivity index (χ2n) is 7.40. The third-order valence-corrected chi connectivity index (χ3v) is 5.24. The Balaban J connectivity index is 1.35. The summed E-state index contributed by atoms with van der Waals surface area (Å²) in [5.74, 6) is 0.806. The third-order valence-electron chi connectivity index (χ3n) is 5.24. The highest BCUT2D eigenvalue weighted by Crippen LogP contribution is 2.26. The molecule has 0 bridgehead atoms. The molecule has 0 amide bonds. The Kier molecular flexibility index (Phi) is 5.07. The number of fused-ring (bicyclic) bond motifs is 1. The molecule has 0 saturated carbocycles. The van der Waals surface area contributed by atoms with Crippen LogP contribution in [0.15, 0.2) is 91.5 Å². The molecule has 3 aromatic heterocycles. The van der Waals surface area contributed by atoms with Crippen LogP contribution >= 0.6 is 0 Å². The van der Waals surface area contributed by atoms with E-state index >= 15 is 0 Å². The minimum absolute atomic E-state index is 0.586. The molecule has 0 aliphatic carbocycles. The first kappa shape index (κ1) is 18.9. The predicted octanol–water partition coefficient (Wildman–Crippen LogP) is 5.67. The summed E-state index contributed by atoms with van der Waals surface area (Å²) in [6.45, 7) is 2.58. The summed E-state index contributed by atoms with van der Waals surface area (Å²) >= 11 is 0. The lowest BCUT2D eigenvalue weighted by molar-refractivity contribution is 1.03. The Bertz CT molecular complexity index is 1330. The van der Waals surface area contributed by atoms with Crippen molar-refractivity contribution in [3.8, 4) is 22.3 Å². The number of rotatable bonds is 5. The Labute approximate surface area is 180 Å². The van der Waals surface area contributed by atoms with Crippen LogP contribution in [0.5, 0.6) is 0 Å². The molecule has 150 valence electrons. The third kappa shape index (κ3) is 4.12. The van der Waals surface area contributed by atoms with Crippen molar-refractivity contribution in [1.82, 2.24) is 19.9 Å². The zero-order chi connectivity index (χ0) is 21.0. The maximum atomic E-state index is 4.61. The maximum absolute atomic E-state index is 4.61. The molecule has 5 heteroatoms. The number of pyridine rings is 2. The lowest BCUT2D eigenvalue weighted by Gasteiger charge is -2.10. The summed E-state index contributed by atoms with van der Waals surface area (Å²) in [7, 11) is 0. The summed E-state index contributed by atoms with van der Waals surface area (Å²) in [5.41, 5.74) is 7.37. The van der Waals surface area contributed by atoms with E-state index in [1.807, 2.05) is 49.6 Å². The molecule has 5 rings (SSSR count). The van der Waals surface area contributed by atoms with Gasteiger partial charge in [0.2, 0.25) is 0 Å². The lowest BCUT2D eigenvalue weighted by atomic mass is 10.0. The van der Waals surface area contributed by atoms with Crippen LogP contribution in [0.4, 0.5) is 5.82 Å². The Morgan fingerprint density at radius 1 is 0.710 bits per heavy atom. The number of benzene rings is 2. The first-order chi connectivity index (χ1) is 15.3. The van der Waals surface area contributed by atoms with Crippen LogP contribution in [0.2, 0.25) is 0 Å². The fourth-order valence-electron chi connectivity index (χ4n) is 3.61. The van der Waals surface area contributed by atoms with E-state index in [0.717, 1.165) is 44.8 Å². The van der Waals surface area contributed by atoms with Crippen molar-refractivity contribution in [3.63, 3.8) is 0 Å². The highest BCUT2D eigenvalue weighted by atomic mass is 15.0. The summed E-state index contributed by atoms with van der Waals surface area (Å²) in [5, 5.41) is 4.40. The minimum atomic E-state index is 0.586. The van der Waals surface area contributed by atoms with E-state index in [1.54, 1.807) is 6.33 Å². The van der Waals surface area contributed by atoms with Crippen molar-refractivity contribution in [2.24, 2.45) is 0 Å².